The zero-order chi connectivity index (χ0) is 18.4. The molecular formula is C17H22N4O3S. The summed E-state index contributed by atoms with van der Waals surface area (Å²) in [4.78, 5) is 24.2. The van der Waals surface area contributed by atoms with Crippen molar-refractivity contribution in [1.82, 2.24) is 15.5 Å². The van der Waals surface area contributed by atoms with Crippen molar-refractivity contribution in [2.45, 2.75) is 26.8 Å². The Bertz CT molecular complexity index is 745. The molecule has 1 aromatic carbocycles. The fraction of sp³-hybridized carbons (Fsp3) is 0.412. The molecule has 0 saturated carbocycles. The number of ether oxygens (including phenoxy) is 1. The van der Waals surface area contributed by atoms with Crippen molar-refractivity contribution in [3.05, 3.63) is 29.8 Å². The molecule has 0 spiro atoms. The number of amides is 2. The number of hydrogen-bond donors (Lipinski definition) is 2. The highest BCUT2D eigenvalue weighted by Gasteiger charge is 2.25. The van der Waals surface area contributed by atoms with E-state index in [1.807, 2.05) is 45.0 Å². The summed E-state index contributed by atoms with van der Waals surface area (Å²) in [7, 11) is 1.43. The predicted octanol–water partition coefficient (Wildman–Crippen LogP) is 2.24. The lowest BCUT2D eigenvalue weighted by Crippen LogP contribution is -2.48. The lowest BCUT2D eigenvalue weighted by molar-refractivity contribution is -0.129. The number of nitrogens with zero attached hydrogens (tertiary/aromatic N) is 2. The molecule has 2 rings (SSSR count). The van der Waals surface area contributed by atoms with Crippen LogP contribution in [-0.2, 0) is 14.3 Å². The van der Waals surface area contributed by atoms with E-state index < -0.39 is 6.04 Å². The van der Waals surface area contributed by atoms with Gasteiger partial charge in [-0.3, -0.25) is 14.9 Å². The Morgan fingerprint density at radius 2 is 2.04 bits per heavy atom. The number of aromatic nitrogens is 2. The maximum atomic E-state index is 12.5. The number of carbonyl (C=O) groups excluding carboxylic acids is 2. The van der Waals surface area contributed by atoms with Gasteiger partial charge in [0.05, 0.1) is 0 Å². The molecule has 7 nitrogen and oxygen atoms in total. The van der Waals surface area contributed by atoms with Crippen LogP contribution < -0.4 is 10.6 Å². The van der Waals surface area contributed by atoms with Crippen LogP contribution >= 0.6 is 11.3 Å². The van der Waals surface area contributed by atoms with Crippen molar-refractivity contribution in [3.8, 4) is 10.6 Å². The van der Waals surface area contributed by atoms with E-state index >= 15 is 0 Å². The van der Waals surface area contributed by atoms with Crippen molar-refractivity contribution in [2.75, 3.05) is 19.0 Å². The second-order valence-corrected chi connectivity index (χ2v) is 6.97. The fourth-order valence-electron chi connectivity index (χ4n) is 2.23. The van der Waals surface area contributed by atoms with Crippen molar-refractivity contribution < 1.29 is 14.3 Å². The molecule has 2 aromatic rings. The van der Waals surface area contributed by atoms with Crippen LogP contribution in [0.4, 0.5) is 5.13 Å². The topological polar surface area (TPSA) is 93.2 Å². The highest BCUT2D eigenvalue weighted by atomic mass is 32.1. The quantitative estimate of drug-likeness (QED) is 0.788. The molecule has 0 aliphatic carbocycles. The van der Waals surface area contributed by atoms with Gasteiger partial charge in [-0.25, -0.2) is 0 Å². The Balaban J connectivity index is 2.07. The molecular weight excluding hydrogens is 340 g/mol. The summed E-state index contributed by atoms with van der Waals surface area (Å²) >= 11 is 1.29. The Hall–Kier alpha value is -2.32. The summed E-state index contributed by atoms with van der Waals surface area (Å²) in [5, 5.41) is 14.7. The van der Waals surface area contributed by atoms with Gasteiger partial charge in [-0.1, -0.05) is 48.9 Å². The third-order valence-electron chi connectivity index (χ3n) is 3.46. The molecule has 0 saturated heterocycles. The molecule has 0 fully saturated rings. The Morgan fingerprint density at radius 1 is 1.28 bits per heavy atom. The van der Waals surface area contributed by atoms with Gasteiger partial charge in [0, 0.05) is 12.7 Å². The van der Waals surface area contributed by atoms with Crippen LogP contribution in [0.5, 0.6) is 0 Å². The van der Waals surface area contributed by atoms with Gasteiger partial charge in [0.2, 0.25) is 16.9 Å². The maximum Gasteiger partial charge on any atom is 0.249 e. The van der Waals surface area contributed by atoms with Crippen LogP contribution in [0, 0.1) is 12.8 Å². The SMILES string of the molecule is COCC(=O)NC(C(=O)Nc1nnc(-c2cccc(C)c2)s1)C(C)C. The maximum absolute atomic E-state index is 12.5. The van der Waals surface area contributed by atoms with Gasteiger partial charge in [-0.15, -0.1) is 10.2 Å². The Kier molecular flexibility index (Phi) is 6.60. The van der Waals surface area contributed by atoms with Gasteiger partial charge >= 0.3 is 0 Å². The Labute approximate surface area is 150 Å². The summed E-state index contributed by atoms with van der Waals surface area (Å²) < 4.78 is 4.78. The van der Waals surface area contributed by atoms with Gasteiger partial charge in [0.15, 0.2) is 0 Å². The molecule has 0 aliphatic rings. The van der Waals surface area contributed by atoms with Gasteiger partial charge in [0.25, 0.3) is 0 Å². The minimum atomic E-state index is -0.672. The minimum Gasteiger partial charge on any atom is -0.375 e. The standard InChI is InChI=1S/C17H22N4O3S/c1-10(2)14(18-13(22)9-24-4)15(23)19-17-21-20-16(25-17)12-7-5-6-11(3)8-12/h5-8,10,14H,9H2,1-4H3,(H,18,22)(H,19,21,23). The predicted molar refractivity (Wildman–Crippen MR) is 97.4 cm³/mol. The lowest BCUT2D eigenvalue weighted by Gasteiger charge is -2.20. The molecule has 0 radical (unpaired) electrons. The first-order chi connectivity index (χ1) is 11.9. The molecule has 0 bridgehead atoms. The van der Waals surface area contributed by atoms with Crippen molar-refractivity contribution >= 4 is 28.3 Å². The average Bonchev–Trinajstić information content (AvgIpc) is 3.01. The summed E-state index contributed by atoms with van der Waals surface area (Å²) in [6, 6.07) is 7.23. The second kappa shape index (κ2) is 8.68. The second-order valence-electron chi connectivity index (χ2n) is 5.99. The van der Waals surface area contributed by atoms with Crippen LogP contribution in [0.15, 0.2) is 24.3 Å². The number of anilines is 1. The van der Waals surface area contributed by atoms with Crippen LogP contribution in [0.2, 0.25) is 0 Å². The number of rotatable bonds is 7. The zero-order valence-electron chi connectivity index (χ0n) is 14.7. The molecule has 1 aromatic heterocycles. The molecule has 8 heteroatoms. The van der Waals surface area contributed by atoms with Gasteiger partial charge < -0.3 is 10.1 Å². The van der Waals surface area contributed by atoms with Gasteiger partial charge in [0.1, 0.15) is 17.7 Å². The first kappa shape index (κ1) is 19.0. The smallest absolute Gasteiger partial charge is 0.249 e. The van der Waals surface area contributed by atoms with Crippen molar-refractivity contribution in [2.24, 2.45) is 5.92 Å². The molecule has 1 heterocycles. The highest BCUT2D eigenvalue weighted by Crippen LogP contribution is 2.27. The molecule has 0 aliphatic heterocycles. The van der Waals surface area contributed by atoms with E-state index in [1.54, 1.807) is 0 Å². The van der Waals surface area contributed by atoms with Crippen LogP contribution in [0.3, 0.4) is 0 Å². The largest absolute Gasteiger partial charge is 0.375 e. The Morgan fingerprint density at radius 3 is 2.68 bits per heavy atom. The summed E-state index contributed by atoms with van der Waals surface area (Å²) in [5.41, 5.74) is 2.07. The summed E-state index contributed by atoms with van der Waals surface area (Å²) in [6.07, 6.45) is 0. The molecule has 25 heavy (non-hydrogen) atoms. The van der Waals surface area contributed by atoms with E-state index in [0.29, 0.717) is 5.13 Å². The molecule has 2 N–H and O–H groups in total. The third kappa shape index (κ3) is 5.33. The summed E-state index contributed by atoms with van der Waals surface area (Å²) in [5.74, 6) is -0.745. The number of nitrogens with one attached hydrogen (secondary N) is 2. The normalized spacial score (nSPS) is 12.0. The van der Waals surface area contributed by atoms with E-state index in [2.05, 4.69) is 20.8 Å². The molecule has 1 atom stereocenters. The van der Waals surface area contributed by atoms with E-state index in [4.69, 9.17) is 4.74 Å². The highest BCUT2D eigenvalue weighted by molar-refractivity contribution is 7.18. The van der Waals surface area contributed by atoms with Crippen molar-refractivity contribution in [3.63, 3.8) is 0 Å². The van der Waals surface area contributed by atoms with E-state index in [1.165, 1.54) is 18.4 Å². The average molecular weight is 362 g/mol. The molecule has 1 unspecified atom stereocenters. The van der Waals surface area contributed by atoms with Gasteiger partial charge in [-0.05, 0) is 18.9 Å². The fourth-order valence-corrected chi connectivity index (χ4v) is 2.98. The number of methoxy groups -OCH3 is 1. The van der Waals surface area contributed by atoms with Crippen LogP contribution in [0.1, 0.15) is 19.4 Å². The zero-order valence-corrected chi connectivity index (χ0v) is 15.5. The number of carbonyl (C=O) groups is 2. The number of benzene rings is 1. The lowest BCUT2D eigenvalue weighted by atomic mass is 10.0. The first-order valence-electron chi connectivity index (χ1n) is 7.90. The molecule has 2 amide bonds. The number of aryl methyl sites for hydroxylation is 1. The van der Waals surface area contributed by atoms with Crippen molar-refractivity contribution in [1.29, 1.82) is 0 Å². The third-order valence-corrected chi connectivity index (χ3v) is 4.35. The van der Waals surface area contributed by atoms with Crippen LogP contribution in [-0.4, -0.2) is 41.8 Å². The summed E-state index contributed by atoms with van der Waals surface area (Å²) in [6.45, 7) is 5.63. The van der Waals surface area contributed by atoms with E-state index in [0.717, 1.165) is 16.1 Å². The van der Waals surface area contributed by atoms with E-state index in [-0.39, 0.29) is 24.3 Å². The van der Waals surface area contributed by atoms with E-state index in [9.17, 15) is 9.59 Å². The van der Waals surface area contributed by atoms with Crippen LogP contribution in [0.25, 0.3) is 10.6 Å². The van der Waals surface area contributed by atoms with Gasteiger partial charge in [-0.2, -0.15) is 0 Å². The monoisotopic (exact) mass is 362 g/mol. The number of hydrogen-bond acceptors (Lipinski definition) is 6. The minimum absolute atomic E-state index is 0.0787. The first-order valence-corrected chi connectivity index (χ1v) is 8.72. The molecule has 134 valence electrons.